The van der Waals surface area contributed by atoms with Gasteiger partial charge in [-0.3, -0.25) is 4.79 Å². The molecule has 0 radical (unpaired) electrons. The Hall–Kier alpha value is -4.34. The number of hydrogen-bond donors (Lipinski definition) is 2. The highest BCUT2D eigenvalue weighted by molar-refractivity contribution is 5.90. The molecule has 3 heterocycles. The molecular weight excluding hydrogens is 384 g/mol. The van der Waals surface area contributed by atoms with Crippen LogP contribution in [0.15, 0.2) is 59.1 Å². The van der Waals surface area contributed by atoms with Crippen LogP contribution in [0, 0.1) is 0 Å². The zero-order valence-electron chi connectivity index (χ0n) is 15.7. The molecule has 5 rings (SSSR count). The third-order valence-electron chi connectivity index (χ3n) is 4.62. The van der Waals surface area contributed by atoms with Gasteiger partial charge in [-0.15, -0.1) is 0 Å². The van der Waals surface area contributed by atoms with Crippen molar-refractivity contribution in [2.45, 2.75) is 13.1 Å². The third kappa shape index (κ3) is 3.41. The van der Waals surface area contributed by atoms with Crippen LogP contribution in [0.4, 0.5) is 17.6 Å². The Labute approximate surface area is 170 Å². The molecule has 0 unspecified atom stereocenters. The summed E-state index contributed by atoms with van der Waals surface area (Å²) in [7, 11) is 0. The molecule has 0 atom stereocenters. The van der Waals surface area contributed by atoms with E-state index in [1.807, 2.05) is 54.6 Å². The normalized spacial score (nSPS) is 12.6. The molecule has 0 fully saturated rings. The molecule has 1 amide bonds. The second-order valence-corrected chi connectivity index (χ2v) is 6.68. The van der Waals surface area contributed by atoms with Crippen molar-refractivity contribution in [2.24, 2.45) is 0 Å². The van der Waals surface area contributed by atoms with Crippen molar-refractivity contribution in [3.05, 3.63) is 71.6 Å². The highest BCUT2D eigenvalue weighted by Crippen LogP contribution is 2.24. The monoisotopic (exact) mass is 400 g/mol. The van der Waals surface area contributed by atoms with E-state index in [0.717, 1.165) is 16.8 Å². The summed E-state index contributed by atoms with van der Waals surface area (Å²) in [4.78, 5) is 31.0. The molecule has 10 nitrogen and oxygen atoms in total. The lowest BCUT2D eigenvalue weighted by molar-refractivity contribution is 0.0701. The second-order valence-electron chi connectivity index (χ2n) is 6.68. The van der Waals surface area contributed by atoms with E-state index >= 15 is 0 Å². The van der Waals surface area contributed by atoms with Crippen molar-refractivity contribution in [3.8, 4) is 11.6 Å². The molecular formula is C20H16N8O2. The summed E-state index contributed by atoms with van der Waals surface area (Å²) in [5.74, 6) is -0.0971. The minimum atomic E-state index is -0.352. The number of carbonyl (C=O) groups excluding carboxylic acids is 1. The average Bonchev–Trinajstić information content (AvgIpc) is 3.41. The quantitative estimate of drug-likeness (QED) is 0.529. The van der Waals surface area contributed by atoms with Crippen LogP contribution in [0.3, 0.4) is 0 Å². The number of hydrogen-bond acceptors (Lipinski definition) is 9. The lowest BCUT2D eigenvalue weighted by atomic mass is 10.1. The molecule has 0 aliphatic carbocycles. The number of nitrogens with one attached hydrogen (secondary N) is 1. The van der Waals surface area contributed by atoms with Gasteiger partial charge in [0.2, 0.25) is 23.5 Å². The first kappa shape index (κ1) is 17.7. The Morgan fingerprint density at radius 1 is 0.900 bits per heavy atom. The topological polar surface area (TPSA) is 136 Å². The highest BCUT2D eigenvalue weighted by Gasteiger charge is 2.28. The predicted molar refractivity (Wildman–Crippen MR) is 107 cm³/mol. The Morgan fingerprint density at radius 2 is 1.60 bits per heavy atom. The number of para-hydroxylation sites is 1. The zero-order valence-corrected chi connectivity index (χ0v) is 15.7. The average molecular weight is 400 g/mol. The maximum absolute atomic E-state index is 12.8. The van der Waals surface area contributed by atoms with Gasteiger partial charge >= 0.3 is 11.8 Å². The number of aromatic nitrogens is 5. The van der Waals surface area contributed by atoms with Crippen molar-refractivity contribution in [1.82, 2.24) is 30.0 Å². The number of amides is 1. The van der Waals surface area contributed by atoms with Gasteiger partial charge in [0.15, 0.2) is 0 Å². The Balaban J connectivity index is 1.37. The number of anilines is 3. The van der Waals surface area contributed by atoms with E-state index in [-0.39, 0.29) is 35.3 Å². The SMILES string of the molecule is Nc1nc(Nc2ccccc2)nc(-c2noc(C(=O)N3Cc4ccccc4C3)n2)n1. The van der Waals surface area contributed by atoms with Gasteiger partial charge in [-0.2, -0.15) is 19.9 Å². The summed E-state index contributed by atoms with van der Waals surface area (Å²) < 4.78 is 5.18. The number of rotatable bonds is 4. The van der Waals surface area contributed by atoms with Crippen molar-refractivity contribution in [1.29, 1.82) is 0 Å². The number of benzene rings is 2. The minimum Gasteiger partial charge on any atom is -0.368 e. The molecule has 3 N–H and O–H groups in total. The van der Waals surface area contributed by atoms with Crippen molar-refractivity contribution in [2.75, 3.05) is 11.1 Å². The number of nitrogens with two attached hydrogens (primary N) is 1. The standard InChI is InChI=1S/C20H16N8O2/c21-19-24-15(25-20(26-19)22-14-8-2-1-3-9-14)16-23-17(30-27-16)18(29)28-10-12-6-4-5-7-13(12)11-28/h1-9H,10-11H2,(H3,21,22,24,25,26). The van der Waals surface area contributed by atoms with Crippen molar-refractivity contribution >= 4 is 23.5 Å². The lowest BCUT2D eigenvalue weighted by Gasteiger charge is -2.11. The lowest BCUT2D eigenvalue weighted by Crippen LogP contribution is -2.25. The first-order chi connectivity index (χ1) is 14.7. The Bertz CT molecular complexity index is 1200. The van der Waals surface area contributed by atoms with Crippen LogP contribution in [0.25, 0.3) is 11.6 Å². The Kier molecular flexibility index (Phi) is 4.28. The third-order valence-corrected chi connectivity index (χ3v) is 4.62. The predicted octanol–water partition coefficient (Wildman–Crippen LogP) is 2.40. The highest BCUT2D eigenvalue weighted by atomic mass is 16.5. The van der Waals surface area contributed by atoms with E-state index in [4.69, 9.17) is 10.3 Å². The minimum absolute atomic E-state index is 0.00824. The van der Waals surface area contributed by atoms with E-state index < -0.39 is 0 Å². The summed E-state index contributed by atoms with van der Waals surface area (Å²) in [5.41, 5.74) is 8.79. The van der Waals surface area contributed by atoms with Crippen LogP contribution >= 0.6 is 0 Å². The maximum Gasteiger partial charge on any atom is 0.316 e. The summed E-state index contributed by atoms with van der Waals surface area (Å²) in [5, 5.41) is 6.88. The smallest absolute Gasteiger partial charge is 0.316 e. The zero-order chi connectivity index (χ0) is 20.5. The molecule has 1 aliphatic rings. The second kappa shape index (κ2) is 7.24. The van der Waals surface area contributed by atoms with Crippen LogP contribution in [-0.4, -0.2) is 35.9 Å². The van der Waals surface area contributed by atoms with Gasteiger partial charge in [-0.25, -0.2) is 0 Å². The van der Waals surface area contributed by atoms with Gasteiger partial charge in [-0.1, -0.05) is 47.6 Å². The summed E-state index contributed by atoms with van der Waals surface area (Å²) in [6.45, 7) is 0.993. The molecule has 2 aromatic heterocycles. The molecule has 1 aliphatic heterocycles. The Morgan fingerprint density at radius 3 is 2.33 bits per heavy atom. The summed E-state index contributed by atoms with van der Waals surface area (Å²) in [6, 6.07) is 17.3. The van der Waals surface area contributed by atoms with Gasteiger partial charge in [-0.05, 0) is 23.3 Å². The largest absolute Gasteiger partial charge is 0.368 e. The molecule has 0 saturated carbocycles. The van der Waals surface area contributed by atoms with Gasteiger partial charge < -0.3 is 20.5 Å². The fraction of sp³-hybridized carbons (Fsp3) is 0.100. The van der Waals surface area contributed by atoms with Crippen LogP contribution in [0.5, 0.6) is 0 Å². The van der Waals surface area contributed by atoms with Crippen molar-refractivity contribution < 1.29 is 9.32 Å². The number of nitrogens with zero attached hydrogens (tertiary/aromatic N) is 6. The van der Waals surface area contributed by atoms with Crippen LogP contribution in [0.2, 0.25) is 0 Å². The molecule has 0 saturated heterocycles. The molecule has 4 aromatic rings. The van der Waals surface area contributed by atoms with E-state index in [9.17, 15) is 4.79 Å². The van der Waals surface area contributed by atoms with Crippen LogP contribution in [-0.2, 0) is 13.1 Å². The van der Waals surface area contributed by atoms with Crippen LogP contribution < -0.4 is 11.1 Å². The first-order valence-corrected chi connectivity index (χ1v) is 9.19. The number of carbonyl (C=O) groups is 1. The first-order valence-electron chi connectivity index (χ1n) is 9.19. The summed E-state index contributed by atoms with van der Waals surface area (Å²) >= 11 is 0. The number of fused-ring (bicyclic) bond motifs is 1. The van der Waals surface area contributed by atoms with Crippen molar-refractivity contribution in [3.63, 3.8) is 0 Å². The molecule has 10 heteroatoms. The van der Waals surface area contributed by atoms with Gasteiger partial charge in [0, 0.05) is 18.8 Å². The maximum atomic E-state index is 12.8. The fourth-order valence-electron chi connectivity index (χ4n) is 3.21. The van der Waals surface area contributed by atoms with Gasteiger partial charge in [0.25, 0.3) is 0 Å². The van der Waals surface area contributed by atoms with Gasteiger partial charge in [0.1, 0.15) is 0 Å². The molecule has 0 bridgehead atoms. The summed E-state index contributed by atoms with van der Waals surface area (Å²) in [6.07, 6.45) is 0. The fourth-order valence-corrected chi connectivity index (χ4v) is 3.21. The van der Waals surface area contributed by atoms with E-state index in [0.29, 0.717) is 13.1 Å². The molecule has 148 valence electrons. The van der Waals surface area contributed by atoms with E-state index in [2.05, 4.69) is 30.4 Å². The van der Waals surface area contributed by atoms with E-state index in [1.54, 1.807) is 4.90 Å². The molecule has 30 heavy (non-hydrogen) atoms. The van der Waals surface area contributed by atoms with Crippen LogP contribution in [0.1, 0.15) is 21.8 Å². The number of nitrogen functional groups attached to an aromatic ring is 1. The van der Waals surface area contributed by atoms with E-state index in [1.165, 1.54) is 0 Å². The van der Waals surface area contributed by atoms with Gasteiger partial charge in [0.05, 0.1) is 0 Å². The molecule has 0 spiro atoms. The molecule has 2 aromatic carbocycles.